The van der Waals surface area contributed by atoms with Gasteiger partial charge in [0.1, 0.15) is 0 Å². The lowest BCUT2D eigenvalue weighted by Gasteiger charge is -2.48. The van der Waals surface area contributed by atoms with Crippen molar-refractivity contribution in [2.45, 2.75) is 51.5 Å². The SMILES string of the molecule is CCN(CC)c1ccc([N+](=O)[O-])cc1C(=O)OCC(=O)NCC1(N2CCOCC2)CCCCC1. The zero-order valence-corrected chi connectivity index (χ0v) is 20.2. The molecule has 10 nitrogen and oxygen atoms in total. The van der Waals surface area contributed by atoms with Crippen LogP contribution >= 0.6 is 0 Å². The maximum atomic E-state index is 12.8. The molecule has 1 heterocycles. The van der Waals surface area contributed by atoms with Gasteiger partial charge < -0.3 is 19.7 Å². The second-order valence-electron chi connectivity index (χ2n) is 8.87. The maximum absolute atomic E-state index is 12.8. The van der Waals surface area contributed by atoms with E-state index in [1.54, 1.807) is 6.07 Å². The number of anilines is 1. The number of carbonyl (C=O) groups excluding carboxylic acids is 2. The molecule has 10 heteroatoms. The highest BCUT2D eigenvalue weighted by molar-refractivity contribution is 5.97. The van der Waals surface area contributed by atoms with Crippen LogP contribution in [0.4, 0.5) is 11.4 Å². The lowest BCUT2D eigenvalue weighted by molar-refractivity contribution is -0.384. The predicted octanol–water partition coefficient (Wildman–Crippen LogP) is 2.75. The molecule has 1 N–H and O–H groups in total. The first-order chi connectivity index (χ1) is 16.4. The van der Waals surface area contributed by atoms with Gasteiger partial charge in [-0.1, -0.05) is 19.3 Å². The summed E-state index contributed by atoms with van der Waals surface area (Å²) in [7, 11) is 0. The maximum Gasteiger partial charge on any atom is 0.341 e. The number of non-ortho nitro benzene ring substituents is 1. The third kappa shape index (κ3) is 6.24. The molecule has 1 aromatic carbocycles. The van der Waals surface area contributed by atoms with Crippen LogP contribution in [0.25, 0.3) is 0 Å². The van der Waals surface area contributed by atoms with Crippen LogP contribution in [-0.4, -0.2) is 79.8 Å². The van der Waals surface area contributed by atoms with E-state index in [9.17, 15) is 19.7 Å². The van der Waals surface area contributed by atoms with Crippen molar-refractivity contribution in [3.05, 3.63) is 33.9 Å². The summed E-state index contributed by atoms with van der Waals surface area (Å²) in [5, 5.41) is 14.2. The quantitative estimate of drug-likeness (QED) is 0.311. The van der Waals surface area contributed by atoms with Gasteiger partial charge in [-0.05, 0) is 32.8 Å². The Labute approximate surface area is 200 Å². The van der Waals surface area contributed by atoms with Gasteiger partial charge in [0.15, 0.2) is 6.61 Å². The van der Waals surface area contributed by atoms with Crippen molar-refractivity contribution in [3.63, 3.8) is 0 Å². The monoisotopic (exact) mass is 476 g/mol. The van der Waals surface area contributed by atoms with Crippen LogP contribution in [-0.2, 0) is 14.3 Å². The Kier molecular flexibility index (Phi) is 9.23. The Hall–Kier alpha value is -2.72. The van der Waals surface area contributed by atoms with Crippen molar-refractivity contribution in [1.29, 1.82) is 0 Å². The van der Waals surface area contributed by atoms with E-state index in [-0.39, 0.29) is 22.7 Å². The van der Waals surface area contributed by atoms with Gasteiger partial charge in [-0.2, -0.15) is 0 Å². The topological polar surface area (TPSA) is 114 Å². The normalized spacial score (nSPS) is 18.2. The summed E-state index contributed by atoms with van der Waals surface area (Å²) in [6.07, 6.45) is 5.50. The van der Waals surface area contributed by atoms with Gasteiger partial charge in [0, 0.05) is 50.4 Å². The Morgan fingerprint density at radius 1 is 1.18 bits per heavy atom. The number of hydrogen-bond acceptors (Lipinski definition) is 8. The molecule has 2 aliphatic rings. The van der Waals surface area contributed by atoms with Crippen LogP contribution in [0.2, 0.25) is 0 Å². The first kappa shape index (κ1) is 25.9. The van der Waals surface area contributed by atoms with Crippen LogP contribution in [0.5, 0.6) is 0 Å². The number of hydrogen-bond donors (Lipinski definition) is 1. The third-order valence-corrected chi connectivity index (χ3v) is 6.93. The van der Waals surface area contributed by atoms with Crippen molar-refractivity contribution < 1.29 is 24.0 Å². The number of benzene rings is 1. The van der Waals surface area contributed by atoms with Crippen LogP contribution in [0.1, 0.15) is 56.3 Å². The number of amides is 1. The van der Waals surface area contributed by atoms with Crippen molar-refractivity contribution >= 4 is 23.3 Å². The molecule has 0 spiro atoms. The van der Waals surface area contributed by atoms with Crippen LogP contribution < -0.4 is 10.2 Å². The summed E-state index contributed by atoms with van der Waals surface area (Å²) >= 11 is 0. The number of nitrogens with one attached hydrogen (secondary N) is 1. The molecule has 0 unspecified atom stereocenters. The van der Waals surface area contributed by atoms with Crippen LogP contribution in [0, 0.1) is 10.1 Å². The molecular weight excluding hydrogens is 440 g/mol. The van der Waals surface area contributed by atoms with Gasteiger partial charge in [-0.25, -0.2) is 4.79 Å². The smallest absolute Gasteiger partial charge is 0.341 e. The number of morpholine rings is 1. The number of ether oxygens (including phenoxy) is 2. The molecule has 2 fully saturated rings. The summed E-state index contributed by atoms with van der Waals surface area (Å²) in [6, 6.07) is 4.13. The summed E-state index contributed by atoms with van der Waals surface area (Å²) in [5.41, 5.74) is 0.354. The molecular formula is C24H36N4O6. The highest BCUT2D eigenvalue weighted by Gasteiger charge is 2.38. The molecule has 188 valence electrons. The largest absolute Gasteiger partial charge is 0.452 e. The van der Waals surface area contributed by atoms with Gasteiger partial charge in [0.2, 0.25) is 0 Å². The third-order valence-electron chi connectivity index (χ3n) is 6.93. The van der Waals surface area contributed by atoms with Crippen molar-refractivity contribution in [3.8, 4) is 0 Å². The molecule has 0 radical (unpaired) electrons. The minimum absolute atomic E-state index is 0.0857. The summed E-state index contributed by atoms with van der Waals surface area (Å²) in [6.45, 7) is 8.29. The minimum Gasteiger partial charge on any atom is -0.452 e. The molecule has 1 aromatic rings. The summed E-state index contributed by atoms with van der Waals surface area (Å²) in [5.74, 6) is -1.12. The van der Waals surface area contributed by atoms with E-state index in [4.69, 9.17) is 9.47 Å². The van der Waals surface area contributed by atoms with E-state index in [2.05, 4.69) is 10.2 Å². The first-order valence-electron chi connectivity index (χ1n) is 12.2. The average Bonchev–Trinajstić information content (AvgIpc) is 2.88. The fraction of sp³-hybridized carbons (Fsp3) is 0.667. The number of rotatable bonds is 10. The van der Waals surface area contributed by atoms with E-state index >= 15 is 0 Å². The van der Waals surface area contributed by atoms with Crippen LogP contribution in [0.15, 0.2) is 18.2 Å². The summed E-state index contributed by atoms with van der Waals surface area (Å²) in [4.78, 5) is 40.4. The molecule has 0 bridgehead atoms. The predicted molar refractivity (Wildman–Crippen MR) is 128 cm³/mol. The second-order valence-corrected chi connectivity index (χ2v) is 8.87. The molecule has 0 atom stereocenters. The van der Waals surface area contributed by atoms with E-state index in [0.29, 0.717) is 38.5 Å². The van der Waals surface area contributed by atoms with Crippen LogP contribution in [0.3, 0.4) is 0 Å². The van der Waals surface area contributed by atoms with Gasteiger partial charge >= 0.3 is 5.97 Å². The number of esters is 1. The van der Waals surface area contributed by atoms with Gasteiger partial charge in [-0.3, -0.25) is 19.8 Å². The van der Waals surface area contributed by atoms with Crippen molar-refractivity contribution in [2.75, 3.05) is 57.4 Å². The van der Waals surface area contributed by atoms with Gasteiger partial charge in [0.25, 0.3) is 11.6 Å². The zero-order valence-electron chi connectivity index (χ0n) is 20.2. The van der Waals surface area contributed by atoms with E-state index < -0.39 is 17.5 Å². The minimum atomic E-state index is -0.749. The highest BCUT2D eigenvalue weighted by Crippen LogP contribution is 2.34. The number of nitro groups is 1. The molecule has 1 aliphatic carbocycles. The van der Waals surface area contributed by atoms with Crippen molar-refractivity contribution in [1.82, 2.24) is 10.2 Å². The molecule has 1 saturated carbocycles. The Morgan fingerprint density at radius 2 is 1.85 bits per heavy atom. The van der Waals surface area contributed by atoms with Gasteiger partial charge in [0.05, 0.1) is 29.4 Å². The zero-order chi connectivity index (χ0) is 24.6. The molecule has 0 aromatic heterocycles. The lowest BCUT2D eigenvalue weighted by Crippen LogP contribution is -2.59. The first-order valence-corrected chi connectivity index (χ1v) is 12.2. The number of nitrogens with zero attached hydrogens (tertiary/aromatic N) is 3. The van der Waals surface area contributed by atoms with Gasteiger partial charge in [-0.15, -0.1) is 0 Å². The molecule has 34 heavy (non-hydrogen) atoms. The fourth-order valence-corrected chi connectivity index (χ4v) is 5.02. The van der Waals surface area contributed by atoms with Crippen molar-refractivity contribution in [2.24, 2.45) is 0 Å². The Balaban J connectivity index is 1.63. The fourth-order valence-electron chi connectivity index (χ4n) is 5.02. The Bertz CT molecular complexity index is 861. The van der Waals surface area contributed by atoms with E-state index in [0.717, 1.165) is 38.8 Å². The Morgan fingerprint density at radius 3 is 2.47 bits per heavy atom. The number of nitro benzene ring substituents is 1. The standard InChI is InChI=1S/C24H36N4O6/c1-3-26(4-2)21-9-8-19(28(31)32)16-20(21)23(30)34-17-22(29)25-18-24(10-6-5-7-11-24)27-12-14-33-15-13-27/h8-9,16H,3-7,10-15,17-18H2,1-2H3,(H,25,29). The molecule has 3 rings (SSSR count). The highest BCUT2D eigenvalue weighted by atomic mass is 16.6. The average molecular weight is 477 g/mol. The molecule has 1 aliphatic heterocycles. The second kappa shape index (κ2) is 12.1. The van der Waals surface area contributed by atoms with E-state index in [1.165, 1.54) is 18.6 Å². The molecule has 1 saturated heterocycles. The molecule has 1 amide bonds. The number of carbonyl (C=O) groups is 2. The summed E-state index contributed by atoms with van der Waals surface area (Å²) < 4.78 is 10.8. The lowest BCUT2D eigenvalue weighted by atomic mass is 9.79. The van der Waals surface area contributed by atoms with E-state index in [1.807, 2.05) is 18.7 Å².